The van der Waals surface area contributed by atoms with Crippen molar-refractivity contribution in [2.24, 2.45) is 0 Å². The van der Waals surface area contributed by atoms with Crippen LogP contribution in [0.3, 0.4) is 0 Å². The van der Waals surface area contributed by atoms with Gasteiger partial charge in [0, 0.05) is 12.8 Å². The number of aliphatic hydroxyl groups excluding tert-OH is 1. The summed E-state index contributed by atoms with van der Waals surface area (Å²) in [6.07, 6.45) is 0.111. The molecule has 1 aliphatic carbocycles. The van der Waals surface area contributed by atoms with Gasteiger partial charge in [0.05, 0.1) is 13.2 Å². The molecule has 3 rings (SSSR count). The number of aliphatic carboxylic acids is 1. The Morgan fingerprint density at radius 2 is 1.59 bits per heavy atom. The molecule has 0 amide bonds. The normalized spacial score (nSPS) is 28.0. The third-order valence-corrected chi connectivity index (χ3v) is 6.48. The fourth-order valence-electron chi connectivity index (χ4n) is 4.38. The summed E-state index contributed by atoms with van der Waals surface area (Å²) in [7, 11) is 1.35. The highest BCUT2D eigenvalue weighted by molar-refractivity contribution is 6.02. The maximum atomic E-state index is 13.1. The lowest BCUT2D eigenvalue weighted by Gasteiger charge is -2.51. The number of rotatable bonds is 8. The van der Waals surface area contributed by atoms with Crippen LogP contribution in [0.4, 0.5) is 0 Å². The van der Waals surface area contributed by atoms with Crippen molar-refractivity contribution < 1.29 is 55.2 Å². The lowest BCUT2D eigenvalue weighted by molar-refractivity contribution is -0.250. The smallest absolute Gasteiger partial charge is 0.335 e. The number of ether oxygens (including phenoxy) is 1. The van der Waals surface area contributed by atoms with Crippen LogP contribution in [0.25, 0.3) is 12.2 Å². The molecular formula is C26H28O11. The van der Waals surface area contributed by atoms with E-state index in [-0.39, 0.29) is 17.1 Å². The second-order valence-corrected chi connectivity index (χ2v) is 9.01. The molecule has 0 aliphatic heterocycles. The molecule has 4 atom stereocenters. The minimum atomic E-state index is -2.92. The van der Waals surface area contributed by atoms with E-state index in [1.165, 1.54) is 43.5 Å². The number of methoxy groups -OCH3 is 1. The van der Waals surface area contributed by atoms with Crippen LogP contribution in [0.2, 0.25) is 0 Å². The molecule has 1 saturated carbocycles. The van der Waals surface area contributed by atoms with E-state index in [9.17, 15) is 50.4 Å². The molecule has 0 saturated heterocycles. The number of ketones is 1. The quantitative estimate of drug-likeness (QED) is 0.183. The number of carbonyl (C=O) groups is 2. The Kier molecular flexibility index (Phi) is 7.65. The van der Waals surface area contributed by atoms with Gasteiger partial charge >= 0.3 is 5.97 Å². The van der Waals surface area contributed by atoms with Crippen LogP contribution in [0.5, 0.6) is 23.0 Å². The highest BCUT2D eigenvalue weighted by Gasteiger charge is 2.66. The molecule has 11 nitrogen and oxygen atoms in total. The van der Waals surface area contributed by atoms with E-state index in [1.54, 1.807) is 0 Å². The molecule has 0 bridgehead atoms. The lowest BCUT2D eigenvalue weighted by atomic mass is 9.61. The van der Waals surface area contributed by atoms with Gasteiger partial charge in [-0.1, -0.05) is 30.4 Å². The van der Waals surface area contributed by atoms with Gasteiger partial charge in [-0.15, -0.1) is 0 Å². The molecule has 2 unspecified atom stereocenters. The Hall–Kier alpha value is -3.90. The molecule has 8 N–H and O–H groups in total. The molecule has 37 heavy (non-hydrogen) atoms. The lowest BCUT2D eigenvalue weighted by Crippen LogP contribution is -2.73. The van der Waals surface area contributed by atoms with E-state index in [4.69, 9.17) is 4.74 Å². The van der Waals surface area contributed by atoms with Gasteiger partial charge in [0.2, 0.25) is 0 Å². The molecule has 11 heteroatoms. The maximum absolute atomic E-state index is 13.1. The average molecular weight is 516 g/mol. The van der Waals surface area contributed by atoms with Gasteiger partial charge in [-0.25, -0.2) is 4.79 Å². The van der Waals surface area contributed by atoms with Crippen LogP contribution in [0.15, 0.2) is 48.6 Å². The van der Waals surface area contributed by atoms with Gasteiger partial charge in [-0.3, -0.25) is 4.79 Å². The second kappa shape index (κ2) is 10.2. The van der Waals surface area contributed by atoms with Crippen molar-refractivity contribution in [3.63, 3.8) is 0 Å². The first kappa shape index (κ1) is 27.7. The predicted octanol–water partition coefficient (Wildman–Crippen LogP) is 0.930. The van der Waals surface area contributed by atoms with Crippen molar-refractivity contribution in [1.29, 1.82) is 0 Å². The number of carboxylic acids is 1. The minimum Gasteiger partial charge on any atom is -0.504 e. The van der Waals surface area contributed by atoms with E-state index >= 15 is 0 Å². The maximum Gasteiger partial charge on any atom is 0.335 e. The molecule has 0 aromatic heterocycles. The highest BCUT2D eigenvalue weighted by atomic mass is 16.5. The number of hydrogen-bond donors (Lipinski definition) is 8. The average Bonchev–Trinajstić information content (AvgIpc) is 2.83. The van der Waals surface area contributed by atoms with Crippen molar-refractivity contribution in [3.8, 4) is 23.0 Å². The van der Waals surface area contributed by atoms with Crippen molar-refractivity contribution in [1.82, 2.24) is 0 Å². The summed E-state index contributed by atoms with van der Waals surface area (Å²) in [6.45, 7) is 0. The zero-order valence-electron chi connectivity index (χ0n) is 19.8. The topological polar surface area (TPSA) is 205 Å². The van der Waals surface area contributed by atoms with E-state index in [0.717, 1.165) is 24.3 Å². The largest absolute Gasteiger partial charge is 0.504 e. The van der Waals surface area contributed by atoms with Gasteiger partial charge in [0.25, 0.3) is 0 Å². The van der Waals surface area contributed by atoms with Crippen molar-refractivity contribution in [2.75, 3.05) is 7.11 Å². The van der Waals surface area contributed by atoms with E-state index in [0.29, 0.717) is 5.56 Å². The number of phenolic OH excluding ortho intramolecular Hbond substituents is 3. The van der Waals surface area contributed by atoms with Crippen LogP contribution in [0.1, 0.15) is 30.4 Å². The van der Waals surface area contributed by atoms with Gasteiger partial charge in [-0.05, 0) is 47.9 Å². The molecule has 1 fully saturated rings. The van der Waals surface area contributed by atoms with E-state index in [2.05, 4.69) is 0 Å². The summed E-state index contributed by atoms with van der Waals surface area (Å²) in [5.41, 5.74) is -7.45. The first-order valence-corrected chi connectivity index (χ1v) is 11.1. The number of carboxylic acid groups (broad SMARTS) is 1. The predicted molar refractivity (Wildman–Crippen MR) is 130 cm³/mol. The molecule has 1 aliphatic rings. The van der Waals surface area contributed by atoms with Gasteiger partial charge in [-0.2, -0.15) is 0 Å². The fraction of sp³-hybridized carbons (Fsp3) is 0.308. The third-order valence-electron chi connectivity index (χ3n) is 6.48. The molecule has 198 valence electrons. The summed E-state index contributed by atoms with van der Waals surface area (Å²) in [5, 5.41) is 82.3. The second-order valence-electron chi connectivity index (χ2n) is 9.01. The molecule has 0 heterocycles. The Bertz CT molecular complexity index is 1250. The van der Waals surface area contributed by atoms with Crippen LogP contribution in [-0.2, 0) is 9.59 Å². The molecule has 2 aromatic carbocycles. The minimum absolute atomic E-state index is 0.117. The number of aliphatic hydroxyl groups is 4. The van der Waals surface area contributed by atoms with Gasteiger partial charge in [0.15, 0.2) is 40.0 Å². The number of phenols is 3. The number of carbonyl (C=O) groups excluding carboxylic acids is 1. The van der Waals surface area contributed by atoms with Crippen molar-refractivity contribution in [2.45, 2.75) is 42.2 Å². The summed E-state index contributed by atoms with van der Waals surface area (Å²) >= 11 is 0. The van der Waals surface area contributed by atoms with Crippen LogP contribution in [0, 0.1) is 0 Å². The SMILES string of the molecule is COc1cc(/C=C/C[C@@]2(O)CC(O)(C(=O)O)C[C@@H](O)C2(O)C(=O)/C=C/c2ccc(O)c(O)c2)ccc1O. The third kappa shape index (κ3) is 5.30. The summed E-state index contributed by atoms with van der Waals surface area (Å²) in [6, 6.07) is 7.97. The first-order chi connectivity index (χ1) is 17.3. The van der Waals surface area contributed by atoms with E-state index < -0.39 is 65.4 Å². The summed E-state index contributed by atoms with van der Waals surface area (Å²) in [5.74, 6) is -3.75. The van der Waals surface area contributed by atoms with Crippen molar-refractivity contribution in [3.05, 3.63) is 59.7 Å². The van der Waals surface area contributed by atoms with E-state index in [1.807, 2.05) is 0 Å². The molecule has 0 spiro atoms. The summed E-state index contributed by atoms with van der Waals surface area (Å²) < 4.78 is 5.02. The van der Waals surface area contributed by atoms with Crippen molar-refractivity contribution >= 4 is 23.9 Å². The Balaban J connectivity index is 1.97. The molecular weight excluding hydrogens is 488 g/mol. The standard InChI is InChI=1S/C26H28O11/c1-37-20-12-15(5-8-18(20)28)3-2-10-25(35)14-24(34,23(32)33)13-22(31)26(25,36)21(30)9-6-16-4-7-17(27)19(29)11-16/h2-9,11-12,22,27-29,31,34-36H,10,13-14H2,1H3,(H,32,33)/b3-2+,9-6+/t22-,24?,25-,26?/m1/s1. The Labute approximate surface area is 211 Å². The zero-order valence-corrected chi connectivity index (χ0v) is 19.8. The summed E-state index contributed by atoms with van der Waals surface area (Å²) in [4.78, 5) is 24.8. The first-order valence-electron chi connectivity index (χ1n) is 11.1. The zero-order chi connectivity index (χ0) is 27.6. The highest BCUT2D eigenvalue weighted by Crippen LogP contribution is 2.46. The van der Waals surface area contributed by atoms with Crippen LogP contribution < -0.4 is 4.74 Å². The monoisotopic (exact) mass is 516 g/mol. The number of benzene rings is 2. The number of hydrogen-bond acceptors (Lipinski definition) is 10. The Morgan fingerprint density at radius 3 is 2.19 bits per heavy atom. The number of aromatic hydroxyl groups is 3. The Morgan fingerprint density at radius 1 is 0.973 bits per heavy atom. The molecule has 0 radical (unpaired) electrons. The molecule has 2 aromatic rings. The van der Waals surface area contributed by atoms with Crippen LogP contribution >= 0.6 is 0 Å². The fourth-order valence-corrected chi connectivity index (χ4v) is 4.38. The van der Waals surface area contributed by atoms with Gasteiger partial charge < -0.3 is 45.6 Å². The van der Waals surface area contributed by atoms with Crippen LogP contribution in [-0.4, -0.2) is 82.6 Å². The van der Waals surface area contributed by atoms with Gasteiger partial charge in [0.1, 0.15) is 5.60 Å².